The van der Waals surface area contributed by atoms with Crippen LogP contribution in [0.15, 0.2) is 46.3 Å². The lowest BCUT2D eigenvalue weighted by molar-refractivity contribution is -0.274. The molecule has 0 saturated carbocycles. The van der Waals surface area contributed by atoms with Crippen molar-refractivity contribution in [2.45, 2.75) is 34.7 Å². The zero-order chi connectivity index (χ0) is 22.8. The van der Waals surface area contributed by atoms with Crippen molar-refractivity contribution in [2.75, 3.05) is 18.9 Å². The van der Waals surface area contributed by atoms with Crippen LogP contribution < -0.4 is 15.8 Å². The first-order valence-corrected chi connectivity index (χ1v) is 10.4. The number of alkyl halides is 3. The second kappa shape index (κ2) is 8.69. The number of carbonyl (C=O) groups is 1. The number of aliphatic hydroxyl groups excluding tert-OH is 1. The maximum absolute atomic E-state index is 12.7. The van der Waals surface area contributed by atoms with Crippen molar-refractivity contribution in [3.63, 3.8) is 0 Å². The molecule has 1 aromatic heterocycles. The van der Waals surface area contributed by atoms with E-state index >= 15 is 0 Å². The molecular formula is C18H18F3N3O6S. The van der Waals surface area contributed by atoms with E-state index in [1.165, 1.54) is 0 Å². The molecule has 1 amide bonds. The van der Waals surface area contributed by atoms with Crippen LogP contribution >= 0.6 is 0 Å². The lowest BCUT2D eigenvalue weighted by Crippen LogP contribution is -2.49. The van der Waals surface area contributed by atoms with E-state index in [1.807, 2.05) is 0 Å². The molecule has 9 nitrogen and oxygen atoms in total. The van der Waals surface area contributed by atoms with Crippen LogP contribution in [0.5, 0.6) is 5.75 Å². The largest absolute Gasteiger partial charge is 0.573 e. The number of anilines is 1. The minimum absolute atomic E-state index is 0.104. The number of nitrogen functional groups attached to an aromatic ring is 1. The van der Waals surface area contributed by atoms with E-state index in [0.29, 0.717) is 13.0 Å². The number of nitrogens with two attached hydrogens (primary N) is 1. The van der Waals surface area contributed by atoms with Crippen LogP contribution in [0.3, 0.4) is 0 Å². The molecule has 168 valence electrons. The fourth-order valence-electron chi connectivity index (χ4n) is 2.86. The lowest BCUT2D eigenvalue weighted by atomic mass is 10.1. The maximum atomic E-state index is 12.7. The molecule has 2 atom stereocenters. The molecule has 1 aromatic carbocycles. The number of benzene rings is 1. The van der Waals surface area contributed by atoms with Crippen molar-refractivity contribution in [1.82, 2.24) is 10.3 Å². The Balaban J connectivity index is 1.78. The minimum Gasteiger partial charge on any atom is -0.406 e. The van der Waals surface area contributed by atoms with Gasteiger partial charge in [0.25, 0.3) is 5.91 Å². The molecule has 31 heavy (non-hydrogen) atoms. The fourth-order valence-corrected chi connectivity index (χ4v) is 4.10. The van der Waals surface area contributed by atoms with Gasteiger partial charge in [0.1, 0.15) is 5.75 Å². The quantitative estimate of drug-likeness (QED) is 0.605. The van der Waals surface area contributed by atoms with Gasteiger partial charge in [-0.25, -0.2) is 13.4 Å². The van der Waals surface area contributed by atoms with Gasteiger partial charge in [-0.3, -0.25) is 4.79 Å². The highest BCUT2D eigenvalue weighted by Crippen LogP contribution is 2.27. The molecule has 0 unspecified atom stereocenters. The van der Waals surface area contributed by atoms with Gasteiger partial charge in [0.2, 0.25) is 9.84 Å². The molecule has 4 N–H and O–H groups in total. The van der Waals surface area contributed by atoms with Gasteiger partial charge in [0, 0.05) is 12.8 Å². The summed E-state index contributed by atoms with van der Waals surface area (Å²) in [5.41, 5.74) is 5.32. The summed E-state index contributed by atoms with van der Waals surface area (Å²) in [6, 6.07) is 3.96. The topological polar surface area (TPSA) is 141 Å². The van der Waals surface area contributed by atoms with E-state index in [0.717, 1.165) is 36.5 Å². The van der Waals surface area contributed by atoms with Gasteiger partial charge < -0.3 is 25.6 Å². The lowest BCUT2D eigenvalue weighted by Gasteiger charge is -2.28. The SMILES string of the molecule is Nc1cc(S(=O)(=O)c2ccc(OC(F)(F)F)cc2)cnc1C(=O)N[C@@H]1COCC[C@@H]1O. The molecule has 0 bridgehead atoms. The predicted octanol–water partition coefficient (Wildman–Crippen LogP) is 1.27. The molecule has 1 aliphatic rings. The molecule has 0 radical (unpaired) electrons. The molecule has 0 spiro atoms. The number of halogens is 3. The molecular weight excluding hydrogens is 443 g/mol. The van der Waals surface area contributed by atoms with Crippen molar-refractivity contribution in [1.29, 1.82) is 0 Å². The molecule has 3 rings (SSSR count). The fraction of sp³-hybridized carbons (Fsp3) is 0.333. The van der Waals surface area contributed by atoms with Gasteiger partial charge in [-0.05, 0) is 36.8 Å². The highest BCUT2D eigenvalue weighted by Gasteiger charge is 2.31. The van der Waals surface area contributed by atoms with E-state index in [-0.39, 0.29) is 27.8 Å². The van der Waals surface area contributed by atoms with Crippen LogP contribution in [-0.2, 0) is 14.6 Å². The van der Waals surface area contributed by atoms with Crippen LogP contribution in [0.25, 0.3) is 0 Å². The number of rotatable bonds is 5. The molecule has 2 heterocycles. The number of carbonyl (C=O) groups excluding carboxylic acids is 1. The van der Waals surface area contributed by atoms with Gasteiger partial charge in [0.15, 0.2) is 5.69 Å². The zero-order valence-corrected chi connectivity index (χ0v) is 16.6. The van der Waals surface area contributed by atoms with Crippen molar-refractivity contribution < 1.29 is 41.0 Å². The van der Waals surface area contributed by atoms with E-state index in [4.69, 9.17) is 10.5 Å². The highest BCUT2D eigenvalue weighted by molar-refractivity contribution is 7.91. The third-order valence-corrected chi connectivity index (χ3v) is 6.16. The molecule has 1 saturated heterocycles. The van der Waals surface area contributed by atoms with Crippen LogP contribution in [0.2, 0.25) is 0 Å². The second-order valence-corrected chi connectivity index (χ2v) is 8.59. The number of hydrogen-bond donors (Lipinski definition) is 3. The van der Waals surface area contributed by atoms with Gasteiger partial charge in [0.05, 0.1) is 34.2 Å². The molecule has 13 heteroatoms. The van der Waals surface area contributed by atoms with Crippen molar-refractivity contribution >= 4 is 21.4 Å². The minimum atomic E-state index is -4.91. The third-order valence-electron chi connectivity index (χ3n) is 4.42. The number of ether oxygens (including phenoxy) is 2. The summed E-state index contributed by atoms with van der Waals surface area (Å²) in [5.74, 6) is -1.30. The monoisotopic (exact) mass is 461 g/mol. The summed E-state index contributed by atoms with van der Waals surface area (Å²) >= 11 is 0. The van der Waals surface area contributed by atoms with Crippen molar-refractivity contribution in [2.24, 2.45) is 0 Å². The molecule has 2 aromatic rings. The average molecular weight is 461 g/mol. The van der Waals surface area contributed by atoms with Crippen LogP contribution in [0, 0.1) is 0 Å². The molecule has 1 aliphatic heterocycles. The zero-order valence-electron chi connectivity index (χ0n) is 15.8. The molecule has 1 fully saturated rings. The first kappa shape index (κ1) is 22.8. The Labute approximate surface area is 174 Å². The summed E-state index contributed by atoms with van der Waals surface area (Å²) in [7, 11) is -4.17. The highest BCUT2D eigenvalue weighted by atomic mass is 32.2. The number of amides is 1. The normalized spacial score (nSPS) is 19.6. The van der Waals surface area contributed by atoms with Gasteiger partial charge >= 0.3 is 6.36 Å². The van der Waals surface area contributed by atoms with Crippen LogP contribution in [-0.4, -0.2) is 56.1 Å². The van der Waals surface area contributed by atoms with E-state index in [9.17, 15) is 31.5 Å². The summed E-state index contributed by atoms with van der Waals surface area (Å²) in [5, 5.41) is 12.4. The van der Waals surface area contributed by atoms with Crippen molar-refractivity contribution in [3.05, 3.63) is 42.2 Å². The summed E-state index contributed by atoms with van der Waals surface area (Å²) in [6.45, 7) is 0.469. The van der Waals surface area contributed by atoms with Gasteiger partial charge in [-0.1, -0.05) is 0 Å². The van der Waals surface area contributed by atoms with E-state index in [2.05, 4.69) is 15.0 Å². The standard InChI is InChI=1S/C18H18F3N3O6S/c19-18(20,21)30-10-1-3-11(4-2-10)31(27,28)12-7-13(22)16(23-8-12)17(26)24-14-9-29-6-5-15(14)25/h1-4,7-8,14-15,25H,5-6,9,22H2,(H,24,26)/t14-,15+/m1/s1. The smallest absolute Gasteiger partial charge is 0.406 e. The van der Waals surface area contributed by atoms with E-state index in [1.54, 1.807) is 0 Å². The maximum Gasteiger partial charge on any atom is 0.573 e. The Bertz CT molecular complexity index is 1060. The number of nitrogens with zero attached hydrogens (tertiary/aromatic N) is 1. The Hall–Kier alpha value is -2.90. The van der Waals surface area contributed by atoms with Crippen LogP contribution in [0.4, 0.5) is 18.9 Å². The van der Waals surface area contributed by atoms with E-state index < -0.39 is 40.0 Å². The summed E-state index contributed by atoms with van der Waals surface area (Å²) < 4.78 is 71.1. The first-order valence-electron chi connectivity index (χ1n) is 8.90. The van der Waals surface area contributed by atoms with Crippen LogP contribution in [0.1, 0.15) is 16.9 Å². The summed E-state index contributed by atoms with van der Waals surface area (Å²) in [6.07, 6.45) is -4.45. The number of pyridine rings is 1. The first-order chi connectivity index (χ1) is 14.5. The summed E-state index contributed by atoms with van der Waals surface area (Å²) in [4.78, 5) is 15.5. The number of hydrogen-bond acceptors (Lipinski definition) is 8. The van der Waals surface area contributed by atoms with Crippen molar-refractivity contribution in [3.8, 4) is 5.75 Å². The van der Waals surface area contributed by atoms with Gasteiger partial charge in [-0.15, -0.1) is 13.2 Å². The Morgan fingerprint density at radius 3 is 2.52 bits per heavy atom. The number of aliphatic hydroxyl groups is 1. The second-order valence-electron chi connectivity index (χ2n) is 6.64. The average Bonchev–Trinajstić information content (AvgIpc) is 2.68. The Morgan fingerprint density at radius 1 is 1.26 bits per heavy atom. The third kappa shape index (κ3) is 5.42. The molecule has 0 aliphatic carbocycles. The number of nitrogens with one attached hydrogen (secondary N) is 1. The van der Waals surface area contributed by atoms with Gasteiger partial charge in [-0.2, -0.15) is 0 Å². The number of aromatic nitrogens is 1. The predicted molar refractivity (Wildman–Crippen MR) is 99.9 cm³/mol. The number of sulfone groups is 1. The Morgan fingerprint density at radius 2 is 1.94 bits per heavy atom. The Kier molecular flexibility index (Phi) is 6.38.